The van der Waals surface area contributed by atoms with Gasteiger partial charge in [0.05, 0.1) is 0 Å². The molecular weight excluding hydrogens is 479 g/mol. The van der Waals surface area contributed by atoms with Crippen LogP contribution < -0.4 is 8.48 Å². The third kappa shape index (κ3) is 7.13. The van der Waals surface area contributed by atoms with Crippen LogP contribution in [0.15, 0.2) is 18.3 Å². The summed E-state index contributed by atoms with van der Waals surface area (Å²) in [6, 6.07) is 4.71. The predicted octanol–water partition coefficient (Wildman–Crippen LogP) is 5.92. The van der Waals surface area contributed by atoms with Gasteiger partial charge in [-0.15, -0.1) is 0 Å². The molecule has 4 nitrogen and oxygen atoms in total. The summed E-state index contributed by atoms with van der Waals surface area (Å²) in [6.45, 7) is 11.1. The van der Waals surface area contributed by atoms with Gasteiger partial charge in [0.25, 0.3) is 0 Å². The van der Waals surface area contributed by atoms with Gasteiger partial charge in [-0.2, -0.15) is 0 Å². The topological polar surface area (TPSA) is 42.4 Å². The second kappa shape index (κ2) is 13.6. The number of carbonyl (C=O) groups is 1. The normalized spacial score (nSPS) is 15.4. The fourth-order valence-electron chi connectivity index (χ4n) is 4.84. The van der Waals surface area contributed by atoms with E-state index in [9.17, 15) is 4.79 Å². The second-order valence-electron chi connectivity index (χ2n) is 9.01. The molecule has 170 valence electrons. The fourth-order valence-corrected chi connectivity index (χ4v) is 20.5. The molecule has 1 saturated heterocycles. The van der Waals surface area contributed by atoms with Crippen molar-refractivity contribution in [2.45, 2.75) is 92.4 Å². The van der Waals surface area contributed by atoms with Crippen LogP contribution in [-0.4, -0.2) is 49.0 Å². The number of esters is 1. The van der Waals surface area contributed by atoms with Crippen LogP contribution in [0.4, 0.5) is 5.82 Å². The molecule has 1 aromatic heterocycles. The summed E-state index contributed by atoms with van der Waals surface area (Å²) in [5, 5.41) is 0. The Morgan fingerprint density at radius 1 is 1.00 bits per heavy atom. The zero-order valence-electron chi connectivity index (χ0n) is 19.9. The third-order valence-electron chi connectivity index (χ3n) is 6.83. The molecule has 0 radical (unpaired) electrons. The Hall–Kier alpha value is -0.781. The van der Waals surface area contributed by atoms with Crippen LogP contribution in [0.2, 0.25) is 13.3 Å². The van der Waals surface area contributed by atoms with Crippen LogP contribution in [0.5, 0.6) is 0 Å². The zero-order chi connectivity index (χ0) is 21.8. The summed E-state index contributed by atoms with van der Waals surface area (Å²) in [5.41, 5.74) is 0. The maximum atomic E-state index is 12.0. The molecule has 0 spiro atoms. The van der Waals surface area contributed by atoms with Gasteiger partial charge in [0, 0.05) is 0 Å². The van der Waals surface area contributed by atoms with Crippen molar-refractivity contribution in [2.75, 3.05) is 24.6 Å². The summed E-state index contributed by atoms with van der Waals surface area (Å²) in [6.07, 6.45) is 12.0. The first-order valence-electron chi connectivity index (χ1n) is 12.5. The quantitative estimate of drug-likeness (QED) is 0.238. The van der Waals surface area contributed by atoms with Crippen molar-refractivity contribution >= 4 is 33.7 Å². The number of rotatable bonds is 13. The number of pyridine rings is 1. The molecule has 1 fully saturated rings. The first-order chi connectivity index (χ1) is 14.6. The molecule has 0 atom stereocenters. The van der Waals surface area contributed by atoms with Crippen molar-refractivity contribution in [1.29, 1.82) is 0 Å². The van der Waals surface area contributed by atoms with E-state index in [0.717, 1.165) is 31.7 Å². The Morgan fingerprint density at radius 2 is 1.57 bits per heavy atom. The van der Waals surface area contributed by atoms with Gasteiger partial charge in [0.15, 0.2) is 0 Å². The molecule has 0 amide bonds. The Balaban J connectivity index is 2.10. The SMILES string of the molecule is CCC[CH2][Sn]([CH2]CCC)([CH2]CCC)[c]1ccc(N2CCC(C(=O)OCC)CC2)nc1. The van der Waals surface area contributed by atoms with E-state index in [-0.39, 0.29) is 11.9 Å². The van der Waals surface area contributed by atoms with E-state index in [4.69, 9.17) is 9.72 Å². The number of hydrogen-bond donors (Lipinski definition) is 0. The number of unbranched alkanes of at least 4 members (excludes halogenated alkanes) is 3. The van der Waals surface area contributed by atoms with Crippen LogP contribution in [0.3, 0.4) is 0 Å². The molecule has 0 bridgehead atoms. The number of anilines is 1. The predicted molar refractivity (Wildman–Crippen MR) is 130 cm³/mol. The van der Waals surface area contributed by atoms with Crippen molar-refractivity contribution in [3.8, 4) is 0 Å². The molecule has 1 aromatic rings. The molecule has 2 heterocycles. The summed E-state index contributed by atoms with van der Waals surface area (Å²) in [5.74, 6) is 1.12. The molecule has 0 N–H and O–H groups in total. The van der Waals surface area contributed by atoms with Crippen LogP contribution in [0.1, 0.15) is 79.1 Å². The van der Waals surface area contributed by atoms with E-state index < -0.39 is 18.4 Å². The number of carbonyl (C=O) groups excluding carboxylic acids is 1. The Bertz CT molecular complexity index is 590. The molecule has 0 aliphatic carbocycles. The van der Waals surface area contributed by atoms with Crippen molar-refractivity contribution in [3.05, 3.63) is 18.3 Å². The Labute approximate surface area is 189 Å². The first-order valence-corrected chi connectivity index (χ1v) is 20.0. The summed E-state index contributed by atoms with van der Waals surface area (Å²) in [4.78, 5) is 19.3. The van der Waals surface area contributed by atoms with E-state index in [0.29, 0.717) is 6.61 Å². The fraction of sp³-hybridized carbons (Fsp3) is 0.760. The molecule has 0 aromatic carbocycles. The van der Waals surface area contributed by atoms with Crippen molar-refractivity contribution in [2.24, 2.45) is 5.92 Å². The van der Waals surface area contributed by atoms with Gasteiger partial charge in [-0.1, -0.05) is 0 Å². The maximum absolute atomic E-state index is 12.0. The summed E-state index contributed by atoms with van der Waals surface area (Å²) in [7, 11) is 0. The van der Waals surface area contributed by atoms with E-state index >= 15 is 0 Å². The second-order valence-corrected chi connectivity index (χ2v) is 22.2. The molecule has 1 aliphatic heterocycles. The van der Waals surface area contributed by atoms with E-state index in [1.807, 2.05) is 6.92 Å². The average Bonchev–Trinajstić information content (AvgIpc) is 2.79. The molecule has 1 aliphatic rings. The Morgan fingerprint density at radius 3 is 2.00 bits per heavy atom. The molecular formula is C25H44N2O2Sn. The Kier molecular flexibility index (Phi) is 11.5. The number of ether oxygens (including phenoxy) is 1. The van der Waals surface area contributed by atoms with E-state index in [1.54, 1.807) is 3.58 Å². The van der Waals surface area contributed by atoms with Crippen LogP contribution in [-0.2, 0) is 9.53 Å². The summed E-state index contributed by atoms with van der Waals surface area (Å²) < 4.78 is 11.3. The van der Waals surface area contributed by atoms with Gasteiger partial charge in [0.1, 0.15) is 0 Å². The molecule has 30 heavy (non-hydrogen) atoms. The number of hydrogen-bond acceptors (Lipinski definition) is 4. The van der Waals surface area contributed by atoms with Gasteiger partial charge in [0.2, 0.25) is 0 Å². The van der Waals surface area contributed by atoms with Gasteiger partial charge in [-0.3, -0.25) is 0 Å². The van der Waals surface area contributed by atoms with Crippen LogP contribution in [0.25, 0.3) is 0 Å². The number of aromatic nitrogens is 1. The first kappa shape index (κ1) is 25.5. The van der Waals surface area contributed by atoms with Crippen LogP contribution >= 0.6 is 0 Å². The monoisotopic (exact) mass is 524 g/mol. The van der Waals surface area contributed by atoms with Crippen molar-refractivity contribution < 1.29 is 9.53 Å². The molecule has 0 unspecified atom stereocenters. The van der Waals surface area contributed by atoms with Crippen molar-refractivity contribution in [1.82, 2.24) is 4.98 Å². The van der Waals surface area contributed by atoms with Crippen molar-refractivity contribution in [3.63, 3.8) is 0 Å². The third-order valence-corrected chi connectivity index (χ3v) is 22.4. The van der Waals surface area contributed by atoms with Gasteiger partial charge in [-0.05, 0) is 0 Å². The number of piperidine rings is 1. The molecule has 2 rings (SSSR count). The zero-order valence-corrected chi connectivity index (χ0v) is 22.8. The standard InChI is InChI=1S/C13H17N2O2.3C4H9.Sn/c1-2-17-13(16)11-6-9-15(10-7-11)12-5-3-4-8-14-12;3*1-3-4-2;/h3,5,8,11H,2,6-7,9-10H2,1H3;3*1,3-4H2,2H3;. The van der Waals surface area contributed by atoms with E-state index in [2.05, 4.69) is 44.0 Å². The van der Waals surface area contributed by atoms with Crippen LogP contribution in [0, 0.1) is 5.92 Å². The van der Waals surface area contributed by atoms with Gasteiger partial charge in [-0.25, -0.2) is 0 Å². The minimum absolute atomic E-state index is 0.0258. The summed E-state index contributed by atoms with van der Waals surface area (Å²) >= 11 is -2.39. The minimum atomic E-state index is -2.39. The molecule has 5 heteroatoms. The average molecular weight is 523 g/mol. The van der Waals surface area contributed by atoms with E-state index in [1.165, 1.54) is 51.8 Å². The number of nitrogens with zero attached hydrogens (tertiary/aromatic N) is 2. The molecule has 0 saturated carbocycles. The van der Waals surface area contributed by atoms with Gasteiger partial charge >= 0.3 is 189 Å². The van der Waals surface area contributed by atoms with Gasteiger partial charge < -0.3 is 0 Å².